The summed E-state index contributed by atoms with van der Waals surface area (Å²) in [5.74, 6) is 0.147. The minimum absolute atomic E-state index is 0.216. The number of carbonyl (C=O) groups is 1. The van der Waals surface area contributed by atoms with E-state index in [2.05, 4.69) is 15.3 Å². The molecule has 2 aromatic rings. The van der Waals surface area contributed by atoms with Crippen molar-refractivity contribution in [2.24, 2.45) is 0 Å². The van der Waals surface area contributed by atoms with E-state index in [4.69, 9.17) is 16.3 Å². The third-order valence-corrected chi connectivity index (χ3v) is 2.89. The van der Waals surface area contributed by atoms with Crippen molar-refractivity contribution in [1.82, 2.24) is 15.3 Å². The van der Waals surface area contributed by atoms with Gasteiger partial charge in [-0.1, -0.05) is 11.6 Å². The first-order valence-electron chi connectivity index (χ1n) is 5.17. The van der Waals surface area contributed by atoms with Crippen LogP contribution in [0.3, 0.4) is 0 Å². The summed E-state index contributed by atoms with van der Waals surface area (Å²) in [5.41, 5.74) is 2.02. The Kier molecular flexibility index (Phi) is 4.49. The molecule has 0 spiro atoms. The predicted octanol–water partition coefficient (Wildman–Crippen LogP) is 2.00. The number of nitrogens with zero attached hydrogens (tertiary/aromatic N) is 2. The van der Waals surface area contributed by atoms with Gasteiger partial charge in [0.2, 0.25) is 5.88 Å². The van der Waals surface area contributed by atoms with E-state index in [0.29, 0.717) is 29.7 Å². The Morgan fingerprint density at radius 3 is 3.11 bits per heavy atom. The molecule has 1 N–H and O–H groups in total. The Labute approximate surface area is 113 Å². The maximum absolute atomic E-state index is 11.5. The fraction of sp³-hybridized carbons (Fsp3) is 0.182. The lowest BCUT2D eigenvalue weighted by Crippen LogP contribution is -2.28. The fourth-order valence-corrected chi connectivity index (χ4v) is 1.91. The molecule has 0 aromatic carbocycles. The number of nitrogens with one attached hydrogen (secondary N) is 1. The van der Waals surface area contributed by atoms with Crippen LogP contribution in [-0.4, -0.2) is 29.0 Å². The third kappa shape index (κ3) is 3.41. The van der Waals surface area contributed by atoms with E-state index in [1.807, 2.05) is 0 Å². The van der Waals surface area contributed by atoms with Crippen molar-refractivity contribution >= 4 is 28.8 Å². The summed E-state index contributed by atoms with van der Waals surface area (Å²) in [5, 5.41) is 4.82. The molecule has 1 amide bonds. The molecule has 0 bridgehead atoms. The van der Waals surface area contributed by atoms with Crippen molar-refractivity contribution in [3.63, 3.8) is 0 Å². The van der Waals surface area contributed by atoms with Gasteiger partial charge in [-0.2, -0.15) is 0 Å². The fourth-order valence-electron chi connectivity index (χ4n) is 1.20. The summed E-state index contributed by atoms with van der Waals surface area (Å²) in [7, 11) is 0. The topological polar surface area (TPSA) is 64.1 Å². The van der Waals surface area contributed by atoms with Gasteiger partial charge in [-0.3, -0.25) is 4.79 Å². The molecule has 18 heavy (non-hydrogen) atoms. The van der Waals surface area contributed by atoms with Crippen LogP contribution < -0.4 is 10.1 Å². The molecule has 0 fully saturated rings. The van der Waals surface area contributed by atoms with Crippen molar-refractivity contribution in [3.05, 3.63) is 39.9 Å². The molecule has 0 saturated heterocycles. The predicted molar refractivity (Wildman–Crippen MR) is 69.2 cm³/mol. The highest BCUT2D eigenvalue weighted by atomic mass is 35.5. The summed E-state index contributed by atoms with van der Waals surface area (Å²) >= 11 is 7.24. The van der Waals surface area contributed by atoms with E-state index >= 15 is 0 Å². The number of ether oxygens (including phenoxy) is 1. The number of amides is 1. The normalized spacial score (nSPS) is 10.1. The molecule has 2 aromatic heterocycles. The van der Waals surface area contributed by atoms with Crippen molar-refractivity contribution in [2.75, 3.05) is 13.2 Å². The Balaban J connectivity index is 1.74. The summed E-state index contributed by atoms with van der Waals surface area (Å²) in [6.45, 7) is 0.663. The van der Waals surface area contributed by atoms with Crippen LogP contribution in [0.1, 0.15) is 10.5 Å². The van der Waals surface area contributed by atoms with Gasteiger partial charge in [-0.15, -0.1) is 11.3 Å². The maximum Gasteiger partial charge on any atom is 0.270 e. The van der Waals surface area contributed by atoms with Crippen LogP contribution in [-0.2, 0) is 0 Å². The van der Waals surface area contributed by atoms with Gasteiger partial charge in [0.05, 0.1) is 12.1 Å². The van der Waals surface area contributed by atoms with E-state index in [-0.39, 0.29) is 5.91 Å². The molecule has 0 atom stereocenters. The number of carbonyl (C=O) groups excluding carboxylic acids is 1. The second-order valence-electron chi connectivity index (χ2n) is 3.27. The van der Waals surface area contributed by atoms with Gasteiger partial charge in [0.15, 0.2) is 0 Å². The van der Waals surface area contributed by atoms with Gasteiger partial charge in [-0.05, 0) is 12.1 Å². The van der Waals surface area contributed by atoms with Gasteiger partial charge < -0.3 is 10.1 Å². The molecule has 94 valence electrons. The average Bonchev–Trinajstić information content (AvgIpc) is 2.90. The number of pyridine rings is 1. The number of aromatic nitrogens is 2. The minimum atomic E-state index is -0.216. The molecule has 0 aliphatic carbocycles. The summed E-state index contributed by atoms with van der Waals surface area (Å²) in [6.07, 6.45) is 1.59. The zero-order valence-corrected chi connectivity index (χ0v) is 10.9. The molecule has 7 heteroatoms. The summed E-state index contributed by atoms with van der Waals surface area (Å²) in [6, 6.07) is 3.41. The molecule has 0 saturated carbocycles. The molecule has 0 aliphatic heterocycles. The summed E-state index contributed by atoms with van der Waals surface area (Å²) < 4.78 is 5.33. The lowest BCUT2D eigenvalue weighted by atomic mass is 10.4. The first kappa shape index (κ1) is 12.8. The smallest absolute Gasteiger partial charge is 0.270 e. The Hall–Kier alpha value is -1.66. The molecule has 0 radical (unpaired) electrons. The van der Waals surface area contributed by atoms with E-state index in [1.54, 1.807) is 29.2 Å². The SMILES string of the molecule is O=C(NCCOc1ncccc1Cl)c1cscn1. The van der Waals surface area contributed by atoms with Gasteiger partial charge in [0, 0.05) is 11.6 Å². The van der Waals surface area contributed by atoms with Crippen LogP contribution in [0.25, 0.3) is 0 Å². The zero-order chi connectivity index (χ0) is 12.8. The van der Waals surface area contributed by atoms with Gasteiger partial charge in [-0.25, -0.2) is 9.97 Å². The lowest BCUT2D eigenvalue weighted by Gasteiger charge is -2.06. The van der Waals surface area contributed by atoms with E-state index in [0.717, 1.165) is 0 Å². The number of halogens is 1. The van der Waals surface area contributed by atoms with Gasteiger partial charge in [0.25, 0.3) is 5.91 Å². The van der Waals surface area contributed by atoms with E-state index in [9.17, 15) is 4.79 Å². The molecule has 2 rings (SSSR count). The minimum Gasteiger partial charge on any atom is -0.475 e. The van der Waals surface area contributed by atoms with Crippen LogP contribution in [0.4, 0.5) is 0 Å². The highest BCUT2D eigenvalue weighted by molar-refractivity contribution is 7.07. The molecule has 0 aliphatic rings. The van der Waals surface area contributed by atoms with Crippen LogP contribution >= 0.6 is 22.9 Å². The monoisotopic (exact) mass is 283 g/mol. The van der Waals surface area contributed by atoms with Crippen LogP contribution in [0, 0.1) is 0 Å². The standard InChI is InChI=1S/C11H10ClN3O2S/c12-8-2-1-3-14-11(8)17-5-4-13-10(16)9-6-18-7-15-9/h1-3,6-7H,4-5H2,(H,13,16). The number of hydrogen-bond acceptors (Lipinski definition) is 5. The van der Waals surface area contributed by atoms with E-state index in [1.165, 1.54) is 11.3 Å². The van der Waals surface area contributed by atoms with Crippen LogP contribution in [0.2, 0.25) is 5.02 Å². The lowest BCUT2D eigenvalue weighted by molar-refractivity contribution is 0.0942. The highest BCUT2D eigenvalue weighted by Crippen LogP contribution is 2.19. The largest absolute Gasteiger partial charge is 0.475 e. The quantitative estimate of drug-likeness (QED) is 0.853. The highest BCUT2D eigenvalue weighted by Gasteiger charge is 2.06. The first-order valence-corrected chi connectivity index (χ1v) is 6.49. The van der Waals surface area contributed by atoms with Crippen LogP contribution in [0.5, 0.6) is 5.88 Å². The number of thiazole rings is 1. The Morgan fingerprint density at radius 1 is 1.50 bits per heavy atom. The maximum atomic E-state index is 11.5. The van der Waals surface area contributed by atoms with Crippen molar-refractivity contribution in [1.29, 1.82) is 0 Å². The number of rotatable bonds is 5. The second-order valence-corrected chi connectivity index (χ2v) is 4.39. The van der Waals surface area contributed by atoms with Crippen molar-refractivity contribution in [2.45, 2.75) is 0 Å². The zero-order valence-electron chi connectivity index (χ0n) is 9.30. The molecule has 2 heterocycles. The summed E-state index contributed by atoms with van der Waals surface area (Å²) in [4.78, 5) is 19.4. The first-order chi connectivity index (χ1) is 8.77. The van der Waals surface area contributed by atoms with Gasteiger partial charge in [0.1, 0.15) is 17.3 Å². The third-order valence-electron chi connectivity index (χ3n) is 2.02. The molecular formula is C11H10ClN3O2S. The Bertz CT molecular complexity index is 519. The molecular weight excluding hydrogens is 274 g/mol. The van der Waals surface area contributed by atoms with Gasteiger partial charge >= 0.3 is 0 Å². The van der Waals surface area contributed by atoms with Crippen LogP contribution in [0.15, 0.2) is 29.2 Å². The second kappa shape index (κ2) is 6.32. The molecule has 5 nitrogen and oxygen atoms in total. The van der Waals surface area contributed by atoms with Crippen molar-refractivity contribution < 1.29 is 9.53 Å². The van der Waals surface area contributed by atoms with E-state index < -0.39 is 0 Å². The van der Waals surface area contributed by atoms with Crippen molar-refractivity contribution in [3.8, 4) is 5.88 Å². The number of hydrogen-bond donors (Lipinski definition) is 1. The molecule has 0 unspecified atom stereocenters. The Morgan fingerprint density at radius 2 is 2.39 bits per heavy atom. The average molecular weight is 284 g/mol.